The Morgan fingerprint density at radius 1 is 1.41 bits per heavy atom. The first-order valence-corrected chi connectivity index (χ1v) is 6.52. The molecule has 0 bridgehead atoms. The van der Waals surface area contributed by atoms with Gasteiger partial charge in [-0.3, -0.25) is 4.99 Å². The second-order valence-corrected chi connectivity index (χ2v) is 4.68. The molecule has 1 aliphatic rings. The molecule has 0 spiro atoms. The van der Waals surface area contributed by atoms with Crippen LogP contribution in [-0.4, -0.2) is 43.6 Å². The van der Waals surface area contributed by atoms with E-state index in [1.54, 1.807) is 11.3 Å². The summed E-state index contributed by atoms with van der Waals surface area (Å²) in [7, 11) is 0. The highest BCUT2D eigenvalue weighted by Gasteiger charge is 2.18. The van der Waals surface area contributed by atoms with Crippen LogP contribution in [0.2, 0.25) is 0 Å². The molecular weight excluding hydrogens is 347 g/mol. The van der Waals surface area contributed by atoms with E-state index < -0.39 is 0 Å². The number of anilines is 1. The highest BCUT2D eigenvalue weighted by Crippen LogP contribution is 2.22. The summed E-state index contributed by atoms with van der Waals surface area (Å²) in [6.45, 7) is 6.76. The monoisotopic (exact) mass is 366 g/mol. The maximum absolute atomic E-state index is 5.88. The van der Waals surface area contributed by atoms with Crippen LogP contribution < -0.4 is 10.6 Å². The first-order valence-electron chi connectivity index (χ1n) is 5.64. The number of aliphatic imine (C=N–C) groups is 1. The van der Waals surface area contributed by atoms with Gasteiger partial charge in [-0.25, -0.2) is 0 Å². The van der Waals surface area contributed by atoms with Gasteiger partial charge in [-0.05, 0) is 24.4 Å². The number of hydrogen-bond donors (Lipinski definition) is 1. The van der Waals surface area contributed by atoms with Gasteiger partial charge in [0.05, 0.1) is 5.00 Å². The maximum atomic E-state index is 5.88. The summed E-state index contributed by atoms with van der Waals surface area (Å²) < 4.78 is 0. The first kappa shape index (κ1) is 14.6. The van der Waals surface area contributed by atoms with Gasteiger partial charge in [0.15, 0.2) is 5.96 Å². The van der Waals surface area contributed by atoms with Crippen molar-refractivity contribution < 1.29 is 0 Å². The van der Waals surface area contributed by atoms with Crippen LogP contribution in [0.5, 0.6) is 0 Å². The Bertz CT molecular complexity index is 344. The van der Waals surface area contributed by atoms with Gasteiger partial charge < -0.3 is 15.5 Å². The Morgan fingerprint density at radius 3 is 2.65 bits per heavy atom. The average Bonchev–Trinajstić information content (AvgIpc) is 2.83. The van der Waals surface area contributed by atoms with Crippen molar-refractivity contribution in [3.63, 3.8) is 0 Å². The normalized spacial score (nSPS) is 16.9. The van der Waals surface area contributed by atoms with E-state index in [0.717, 1.165) is 32.7 Å². The van der Waals surface area contributed by atoms with Crippen LogP contribution in [0.3, 0.4) is 0 Å². The number of nitrogens with zero attached hydrogens (tertiary/aromatic N) is 3. The number of thiophene rings is 1. The molecule has 1 saturated heterocycles. The Morgan fingerprint density at radius 2 is 2.12 bits per heavy atom. The molecule has 0 aliphatic carbocycles. The van der Waals surface area contributed by atoms with Crippen LogP contribution in [0.25, 0.3) is 0 Å². The third-order valence-corrected chi connectivity index (χ3v) is 3.67. The Hall–Kier alpha value is -0.500. The molecule has 0 amide bonds. The largest absolute Gasteiger partial charge is 0.370 e. The maximum Gasteiger partial charge on any atom is 0.191 e. The predicted octanol–water partition coefficient (Wildman–Crippen LogP) is 1.82. The average molecular weight is 366 g/mol. The van der Waals surface area contributed by atoms with Gasteiger partial charge in [-0.1, -0.05) is 0 Å². The second-order valence-electron chi connectivity index (χ2n) is 3.76. The van der Waals surface area contributed by atoms with Gasteiger partial charge in [0.25, 0.3) is 0 Å². The summed E-state index contributed by atoms with van der Waals surface area (Å²) in [5, 5.41) is 3.47. The predicted molar refractivity (Wildman–Crippen MR) is 85.7 cm³/mol. The molecule has 0 radical (unpaired) electrons. The standard InChI is InChI=1S/C11H18N4S.HI/c1-2-13-11(12)15-7-5-14(6-8-15)10-4-3-9-16-10;/h3-4,9H,2,5-8H2,1H3,(H2,12,13);1H. The number of guanidine groups is 1. The third kappa shape index (κ3) is 3.74. The summed E-state index contributed by atoms with van der Waals surface area (Å²) in [4.78, 5) is 8.80. The SMILES string of the molecule is CCN=C(N)N1CCN(c2cccs2)CC1.I. The molecule has 17 heavy (non-hydrogen) atoms. The molecule has 1 aliphatic heterocycles. The lowest BCUT2D eigenvalue weighted by Crippen LogP contribution is -2.51. The molecule has 4 nitrogen and oxygen atoms in total. The summed E-state index contributed by atoms with van der Waals surface area (Å²) in [6.07, 6.45) is 0. The van der Waals surface area contributed by atoms with Gasteiger partial charge >= 0.3 is 0 Å². The number of nitrogens with two attached hydrogens (primary N) is 1. The lowest BCUT2D eigenvalue weighted by atomic mass is 10.3. The van der Waals surface area contributed by atoms with Crippen molar-refractivity contribution in [3.05, 3.63) is 17.5 Å². The van der Waals surface area contributed by atoms with Gasteiger partial charge in [-0.15, -0.1) is 35.3 Å². The third-order valence-electron chi connectivity index (χ3n) is 2.74. The van der Waals surface area contributed by atoms with E-state index in [1.165, 1.54) is 5.00 Å². The zero-order chi connectivity index (χ0) is 11.4. The van der Waals surface area contributed by atoms with E-state index in [2.05, 4.69) is 32.3 Å². The van der Waals surface area contributed by atoms with Gasteiger partial charge in [-0.2, -0.15) is 0 Å². The molecule has 1 aromatic rings. The number of rotatable bonds is 2. The Labute approximate surface area is 124 Å². The minimum absolute atomic E-state index is 0. The number of hydrogen-bond acceptors (Lipinski definition) is 3. The Balaban J connectivity index is 0.00000144. The topological polar surface area (TPSA) is 44.9 Å². The molecule has 1 aromatic heterocycles. The van der Waals surface area contributed by atoms with Crippen LogP contribution in [0.1, 0.15) is 6.92 Å². The van der Waals surface area contributed by atoms with Crippen LogP contribution in [0, 0.1) is 0 Å². The quantitative estimate of drug-likeness (QED) is 0.494. The highest BCUT2D eigenvalue weighted by atomic mass is 127. The number of halogens is 1. The van der Waals surface area contributed by atoms with E-state index in [9.17, 15) is 0 Å². The molecule has 96 valence electrons. The van der Waals surface area contributed by atoms with E-state index in [4.69, 9.17) is 5.73 Å². The molecule has 2 N–H and O–H groups in total. The Kier molecular flexibility index (Phi) is 6.04. The van der Waals surface area contributed by atoms with E-state index in [0.29, 0.717) is 5.96 Å². The first-order chi connectivity index (χ1) is 7.81. The molecule has 0 atom stereocenters. The van der Waals surface area contributed by atoms with E-state index >= 15 is 0 Å². The summed E-state index contributed by atoms with van der Waals surface area (Å²) in [6, 6.07) is 4.27. The zero-order valence-corrected chi connectivity index (χ0v) is 13.1. The minimum atomic E-state index is 0. The van der Waals surface area contributed by atoms with Crippen LogP contribution in [-0.2, 0) is 0 Å². The lowest BCUT2D eigenvalue weighted by molar-refractivity contribution is 0.382. The zero-order valence-electron chi connectivity index (χ0n) is 10.0. The highest BCUT2D eigenvalue weighted by molar-refractivity contribution is 14.0. The van der Waals surface area contributed by atoms with Crippen molar-refractivity contribution in [2.75, 3.05) is 37.6 Å². The molecule has 0 saturated carbocycles. The van der Waals surface area contributed by atoms with E-state index in [1.807, 2.05) is 6.92 Å². The molecule has 0 unspecified atom stereocenters. The van der Waals surface area contributed by atoms with Gasteiger partial charge in [0.2, 0.25) is 0 Å². The lowest BCUT2D eigenvalue weighted by Gasteiger charge is -2.35. The second kappa shape index (κ2) is 7.05. The molecule has 6 heteroatoms. The minimum Gasteiger partial charge on any atom is -0.370 e. The van der Waals surface area contributed by atoms with Crippen molar-refractivity contribution in [3.8, 4) is 0 Å². The number of piperazine rings is 1. The fraction of sp³-hybridized carbons (Fsp3) is 0.545. The molecule has 2 rings (SSSR count). The molecule has 2 heterocycles. The summed E-state index contributed by atoms with van der Waals surface area (Å²) in [5.41, 5.74) is 5.88. The van der Waals surface area contributed by atoms with Crippen molar-refractivity contribution >= 4 is 46.3 Å². The van der Waals surface area contributed by atoms with Crippen molar-refractivity contribution in [1.29, 1.82) is 0 Å². The van der Waals surface area contributed by atoms with E-state index in [-0.39, 0.29) is 24.0 Å². The van der Waals surface area contributed by atoms with Crippen LogP contribution >= 0.6 is 35.3 Å². The molecular formula is C11H19IN4S. The van der Waals surface area contributed by atoms with Crippen LogP contribution in [0.15, 0.2) is 22.5 Å². The van der Waals surface area contributed by atoms with Gasteiger partial charge in [0.1, 0.15) is 0 Å². The van der Waals surface area contributed by atoms with Crippen molar-refractivity contribution in [2.45, 2.75) is 6.92 Å². The molecule has 1 fully saturated rings. The summed E-state index contributed by atoms with van der Waals surface area (Å²) >= 11 is 1.80. The van der Waals surface area contributed by atoms with Crippen molar-refractivity contribution in [2.24, 2.45) is 10.7 Å². The van der Waals surface area contributed by atoms with Crippen LogP contribution in [0.4, 0.5) is 5.00 Å². The summed E-state index contributed by atoms with van der Waals surface area (Å²) in [5.74, 6) is 0.688. The van der Waals surface area contributed by atoms with Gasteiger partial charge in [0, 0.05) is 32.7 Å². The van der Waals surface area contributed by atoms with Crippen molar-refractivity contribution in [1.82, 2.24) is 4.90 Å². The smallest absolute Gasteiger partial charge is 0.191 e. The molecule has 0 aromatic carbocycles. The fourth-order valence-electron chi connectivity index (χ4n) is 1.87. The fourth-order valence-corrected chi connectivity index (χ4v) is 2.65.